The van der Waals surface area contributed by atoms with Crippen LogP contribution >= 0.6 is 22.6 Å². The molecule has 1 aromatic heterocycles. The molecule has 0 radical (unpaired) electrons. The number of aromatic nitrogens is 1. The van der Waals surface area contributed by atoms with Gasteiger partial charge in [-0.05, 0) is 52.9 Å². The number of nitrogens with zero attached hydrogens (tertiary/aromatic N) is 2. The zero-order chi connectivity index (χ0) is 19.6. The lowest BCUT2D eigenvalue weighted by Gasteiger charge is -2.13. The van der Waals surface area contributed by atoms with E-state index in [-0.39, 0.29) is 10.5 Å². The second-order valence-electron chi connectivity index (χ2n) is 5.83. The van der Waals surface area contributed by atoms with Crippen molar-refractivity contribution in [2.45, 2.75) is 4.90 Å². The lowest BCUT2D eigenvalue weighted by molar-refractivity contribution is 0.102. The summed E-state index contributed by atoms with van der Waals surface area (Å²) in [7, 11) is -0.735. The molecule has 0 fully saturated rings. The van der Waals surface area contributed by atoms with Crippen molar-refractivity contribution in [3.05, 3.63) is 64.2 Å². The van der Waals surface area contributed by atoms with Crippen molar-refractivity contribution >= 4 is 44.2 Å². The van der Waals surface area contributed by atoms with Gasteiger partial charge in [0.1, 0.15) is 0 Å². The Hall–Kier alpha value is -2.24. The molecule has 1 amide bonds. The third-order valence-electron chi connectivity index (χ3n) is 3.80. The molecular formula is C18H16IN3O4S. The molecule has 0 aliphatic carbocycles. The van der Waals surface area contributed by atoms with Gasteiger partial charge in [-0.15, -0.1) is 0 Å². The van der Waals surface area contributed by atoms with Gasteiger partial charge in [-0.2, -0.15) is 0 Å². The monoisotopic (exact) mass is 497 g/mol. The van der Waals surface area contributed by atoms with Gasteiger partial charge in [-0.25, -0.2) is 17.7 Å². The Bertz CT molecular complexity index is 1080. The van der Waals surface area contributed by atoms with Crippen LogP contribution in [0.25, 0.3) is 11.3 Å². The Balaban J connectivity index is 1.90. The van der Waals surface area contributed by atoms with Crippen LogP contribution in [0.2, 0.25) is 0 Å². The highest BCUT2D eigenvalue weighted by Crippen LogP contribution is 2.24. The fourth-order valence-electron chi connectivity index (χ4n) is 2.36. The fraction of sp³-hybridized carbons (Fsp3) is 0.111. The fourth-order valence-corrected chi connectivity index (χ4v) is 3.87. The number of hydrogen-bond donors (Lipinski definition) is 1. The molecule has 0 aliphatic heterocycles. The van der Waals surface area contributed by atoms with E-state index in [1.165, 1.54) is 32.6 Å². The number of carbonyl (C=O) groups excluding carboxylic acids is 1. The molecule has 0 saturated carbocycles. The molecule has 9 heteroatoms. The molecular weight excluding hydrogens is 481 g/mol. The van der Waals surface area contributed by atoms with E-state index < -0.39 is 15.9 Å². The first-order valence-electron chi connectivity index (χ1n) is 7.81. The quantitative estimate of drug-likeness (QED) is 0.546. The van der Waals surface area contributed by atoms with Crippen LogP contribution in [-0.2, 0) is 10.0 Å². The van der Waals surface area contributed by atoms with Gasteiger partial charge in [0.2, 0.25) is 10.0 Å². The molecule has 0 unspecified atom stereocenters. The second kappa shape index (κ2) is 7.79. The van der Waals surface area contributed by atoms with Crippen molar-refractivity contribution in [2.75, 3.05) is 19.4 Å². The predicted molar refractivity (Wildman–Crippen MR) is 110 cm³/mol. The number of oxazole rings is 1. The maximum absolute atomic E-state index is 12.7. The van der Waals surface area contributed by atoms with E-state index in [1.54, 1.807) is 30.5 Å². The van der Waals surface area contributed by atoms with E-state index in [0.717, 1.165) is 9.87 Å². The van der Waals surface area contributed by atoms with Gasteiger partial charge in [-0.1, -0.05) is 12.1 Å². The maximum Gasteiger partial charge on any atom is 0.256 e. The number of anilines is 1. The highest BCUT2D eigenvalue weighted by Gasteiger charge is 2.20. The predicted octanol–water partition coefficient (Wildman–Crippen LogP) is 3.45. The van der Waals surface area contributed by atoms with Crippen molar-refractivity contribution in [1.82, 2.24) is 9.29 Å². The molecule has 0 aliphatic rings. The van der Waals surface area contributed by atoms with E-state index in [4.69, 9.17) is 4.42 Å². The zero-order valence-corrected chi connectivity index (χ0v) is 17.5. The Morgan fingerprint density at radius 1 is 1.19 bits per heavy atom. The summed E-state index contributed by atoms with van der Waals surface area (Å²) in [6.45, 7) is 0. The Labute approximate surface area is 170 Å². The Kier molecular flexibility index (Phi) is 5.63. The molecule has 1 N–H and O–H groups in total. The number of rotatable bonds is 5. The average Bonchev–Trinajstić information content (AvgIpc) is 3.16. The van der Waals surface area contributed by atoms with E-state index in [0.29, 0.717) is 15.0 Å². The third-order valence-corrected chi connectivity index (χ3v) is 6.55. The molecule has 0 spiro atoms. The van der Waals surface area contributed by atoms with Crippen LogP contribution in [-0.4, -0.2) is 37.7 Å². The summed E-state index contributed by atoms with van der Waals surface area (Å²) in [5.41, 5.74) is 1.61. The minimum absolute atomic E-state index is 0.0634. The molecule has 2 aromatic carbocycles. The third kappa shape index (κ3) is 4.20. The Morgan fingerprint density at radius 2 is 1.96 bits per heavy atom. The van der Waals surface area contributed by atoms with Crippen molar-refractivity contribution in [1.29, 1.82) is 0 Å². The van der Waals surface area contributed by atoms with E-state index in [2.05, 4.69) is 10.3 Å². The first-order chi connectivity index (χ1) is 12.8. The molecule has 0 atom stereocenters. The topological polar surface area (TPSA) is 92.5 Å². The zero-order valence-electron chi connectivity index (χ0n) is 14.5. The van der Waals surface area contributed by atoms with Crippen LogP contribution in [0, 0.1) is 3.57 Å². The number of benzene rings is 2. The molecule has 1 heterocycles. The molecule has 0 saturated heterocycles. The number of amides is 1. The summed E-state index contributed by atoms with van der Waals surface area (Å²) in [6, 6.07) is 11.6. The summed E-state index contributed by atoms with van der Waals surface area (Å²) in [5, 5.41) is 2.80. The Morgan fingerprint density at radius 3 is 2.63 bits per heavy atom. The van der Waals surface area contributed by atoms with Gasteiger partial charge in [0.25, 0.3) is 5.91 Å². The van der Waals surface area contributed by atoms with Gasteiger partial charge >= 0.3 is 0 Å². The van der Waals surface area contributed by atoms with Crippen LogP contribution in [0.4, 0.5) is 5.69 Å². The number of carbonyl (C=O) groups is 1. The maximum atomic E-state index is 12.7. The van der Waals surface area contributed by atoms with Crippen molar-refractivity contribution in [2.24, 2.45) is 0 Å². The standard InChI is InChI=1S/C18H16IN3O4S/c1-22(2)27(24,25)14-6-7-16(19)15(9-14)18(23)21-13-5-3-4-12(8-13)17-10-20-11-26-17/h3-11H,1-2H3,(H,21,23). The van der Waals surface area contributed by atoms with E-state index >= 15 is 0 Å². The molecule has 3 rings (SSSR count). The number of halogens is 1. The van der Waals surface area contributed by atoms with Gasteiger partial charge in [0.15, 0.2) is 12.2 Å². The summed E-state index contributed by atoms with van der Waals surface area (Å²) in [6.07, 6.45) is 2.92. The lowest BCUT2D eigenvalue weighted by atomic mass is 10.1. The molecule has 27 heavy (non-hydrogen) atoms. The molecule has 0 bridgehead atoms. The number of hydrogen-bond acceptors (Lipinski definition) is 5. The van der Waals surface area contributed by atoms with Gasteiger partial charge in [0, 0.05) is 28.9 Å². The van der Waals surface area contributed by atoms with Crippen LogP contribution in [0.1, 0.15) is 10.4 Å². The van der Waals surface area contributed by atoms with Crippen LogP contribution in [0.3, 0.4) is 0 Å². The van der Waals surface area contributed by atoms with Crippen LogP contribution in [0.5, 0.6) is 0 Å². The average molecular weight is 497 g/mol. The second-order valence-corrected chi connectivity index (χ2v) is 9.14. The minimum atomic E-state index is -3.63. The summed E-state index contributed by atoms with van der Waals surface area (Å²) >= 11 is 2.00. The first-order valence-corrected chi connectivity index (χ1v) is 10.3. The summed E-state index contributed by atoms with van der Waals surface area (Å²) in [5.74, 6) is 0.185. The smallest absolute Gasteiger partial charge is 0.256 e. The highest BCUT2D eigenvalue weighted by molar-refractivity contribution is 14.1. The number of nitrogens with one attached hydrogen (secondary N) is 1. The SMILES string of the molecule is CN(C)S(=O)(=O)c1ccc(I)c(C(=O)Nc2cccc(-c3cnco3)c2)c1. The van der Waals surface area contributed by atoms with Crippen LogP contribution in [0.15, 0.2) is 64.4 Å². The number of sulfonamides is 1. The van der Waals surface area contributed by atoms with Crippen molar-refractivity contribution in [3.63, 3.8) is 0 Å². The van der Waals surface area contributed by atoms with Gasteiger partial charge in [-0.3, -0.25) is 4.79 Å². The van der Waals surface area contributed by atoms with E-state index in [9.17, 15) is 13.2 Å². The highest BCUT2D eigenvalue weighted by atomic mass is 127. The summed E-state index contributed by atoms with van der Waals surface area (Å²) < 4.78 is 31.7. The first kappa shape index (κ1) is 19.5. The molecule has 140 valence electrons. The minimum Gasteiger partial charge on any atom is -0.444 e. The van der Waals surface area contributed by atoms with Crippen LogP contribution < -0.4 is 5.32 Å². The van der Waals surface area contributed by atoms with Gasteiger partial charge < -0.3 is 9.73 Å². The largest absolute Gasteiger partial charge is 0.444 e. The van der Waals surface area contributed by atoms with Crippen molar-refractivity contribution < 1.29 is 17.6 Å². The normalized spacial score (nSPS) is 11.6. The molecule has 7 nitrogen and oxygen atoms in total. The van der Waals surface area contributed by atoms with Gasteiger partial charge in [0.05, 0.1) is 16.7 Å². The molecule has 3 aromatic rings. The van der Waals surface area contributed by atoms with E-state index in [1.807, 2.05) is 28.7 Å². The van der Waals surface area contributed by atoms with Crippen molar-refractivity contribution in [3.8, 4) is 11.3 Å². The summed E-state index contributed by atoms with van der Waals surface area (Å²) in [4.78, 5) is 16.7. The lowest BCUT2D eigenvalue weighted by Crippen LogP contribution is -2.23.